The van der Waals surface area contributed by atoms with Crippen LogP contribution in [0.15, 0.2) is 72.8 Å². The molecule has 1 saturated carbocycles. The molecule has 1 nitrogen and oxygen atoms in total. The first-order valence-corrected chi connectivity index (χ1v) is 7.55. The van der Waals surface area contributed by atoms with Crippen LogP contribution in [0.25, 0.3) is 10.8 Å². The van der Waals surface area contributed by atoms with Crippen molar-refractivity contribution in [1.29, 1.82) is 0 Å². The van der Waals surface area contributed by atoms with E-state index in [-0.39, 0.29) is 6.10 Å². The van der Waals surface area contributed by atoms with Crippen molar-refractivity contribution in [2.24, 2.45) is 5.92 Å². The van der Waals surface area contributed by atoms with Gasteiger partial charge in [0.15, 0.2) is 0 Å². The van der Waals surface area contributed by atoms with Crippen LogP contribution < -0.4 is 0 Å². The lowest BCUT2D eigenvalue weighted by atomic mass is 9.96. The van der Waals surface area contributed by atoms with Crippen molar-refractivity contribution in [2.45, 2.75) is 18.4 Å². The molecule has 104 valence electrons. The maximum atomic E-state index is 10.8. The smallest absolute Gasteiger partial charge is 0.0830 e. The minimum Gasteiger partial charge on any atom is -0.388 e. The molecule has 3 unspecified atom stereocenters. The number of aliphatic hydroxyl groups excluding tert-OH is 1. The molecule has 0 heterocycles. The van der Waals surface area contributed by atoms with E-state index in [2.05, 4.69) is 48.5 Å². The van der Waals surface area contributed by atoms with Gasteiger partial charge in [0.1, 0.15) is 0 Å². The Bertz CT molecular complexity index is 758. The van der Waals surface area contributed by atoms with Gasteiger partial charge in [0.2, 0.25) is 0 Å². The Kier molecular flexibility index (Phi) is 3.01. The molecule has 0 bridgehead atoms. The third-order valence-electron chi connectivity index (χ3n) is 4.62. The third-order valence-corrected chi connectivity index (χ3v) is 4.62. The van der Waals surface area contributed by atoms with Crippen molar-refractivity contribution in [2.75, 3.05) is 0 Å². The van der Waals surface area contributed by atoms with Crippen molar-refractivity contribution in [3.63, 3.8) is 0 Å². The van der Waals surface area contributed by atoms with Crippen LogP contribution >= 0.6 is 0 Å². The highest BCUT2D eigenvalue weighted by atomic mass is 16.3. The molecule has 3 atom stereocenters. The molecule has 1 aliphatic rings. The first-order chi connectivity index (χ1) is 10.3. The van der Waals surface area contributed by atoms with Crippen LogP contribution in [-0.2, 0) is 0 Å². The minimum absolute atomic E-state index is 0.346. The Morgan fingerprint density at radius 2 is 1.52 bits per heavy atom. The Morgan fingerprint density at radius 1 is 0.810 bits per heavy atom. The van der Waals surface area contributed by atoms with Crippen molar-refractivity contribution >= 4 is 10.8 Å². The quantitative estimate of drug-likeness (QED) is 0.735. The van der Waals surface area contributed by atoms with E-state index >= 15 is 0 Å². The predicted octanol–water partition coefficient (Wildman–Crippen LogP) is 4.68. The maximum Gasteiger partial charge on any atom is 0.0830 e. The summed E-state index contributed by atoms with van der Waals surface area (Å²) in [5, 5.41) is 13.2. The molecule has 0 spiro atoms. The largest absolute Gasteiger partial charge is 0.388 e. The molecule has 0 amide bonds. The fraction of sp³-hybridized carbons (Fsp3) is 0.200. The summed E-state index contributed by atoms with van der Waals surface area (Å²) in [6.45, 7) is 0. The molecule has 3 aromatic carbocycles. The molecule has 1 aliphatic carbocycles. The lowest BCUT2D eigenvalue weighted by Gasteiger charge is -2.14. The summed E-state index contributed by atoms with van der Waals surface area (Å²) in [4.78, 5) is 0. The number of hydrogen-bond donors (Lipinski definition) is 1. The summed E-state index contributed by atoms with van der Waals surface area (Å²) in [6, 6.07) is 25.0. The molecule has 0 radical (unpaired) electrons. The molecule has 3 aromatic rings. The van der Waals surface area contributed by atoms with Crippen LogP contribution in [0.2, 0.25) is 0 Å². The third kappa shape index (κ3) is 2.24. The lowest BCUT2D eigenvalue weighted by Crippen LogP contribution is -2.02. The lowest BCUT2D eigenvalue weighted by molar-refractivity contribution is 0.153. The summed E-state index contributed by atoms with van der Waals surface area (Å²) >= 11 is 0. The normalized spacial score (nSPS) is 22.1. The van der Waals surface area contributed by atoms with E-state index in [4.69, 9.17) is 0 Å². The summed E-state index contributed by atoms with van der Waals surface area (Å²) in [6.07, 6.45) is 0.704. The van der Waals surface area contributed by atoms with Gasteiger partial charge >= 0.3 is 0 Å². The predicted molar refractivity (Wildman–Crippen MR) is 86.2 cm³/mol. The molecule has 0 saturated heterocycles. The highest BCUT2D eigenvalue weighted by Gasteiger charge is 2.44. The highest BCUT2D eigenvalue weighted by molar-refractivity contribution is 5.86. The van der Waals surface area contributed by atoms with Gasteiger partial charge in [-0.15, -0.1) is 0 Å². The van der Waals surface area contributed by atoms with Gasteiger partial charge in [0.05, 0.1) is 6.10 Å². The second kappa shape index (κ2) is 5.01. The van der Waals surface area contributed by atoms with E-state index in [1.54, 1.807) is 0 Å². The summed E-state index contributed by atoms with van der Waals surface area (Å²) in [5.74, 6) is 0.846. The van der Waals surface area contributed by atoms with E-state index in [1.165, 1.54) is 16.3 Å². The first-order valence-electron chi connectivity index (χ1n) is 7.55. The Labute approximate surface area is 124 Å². The SMILES string of the molecule is OC(c1cccc2ccccc12)C1CC1c1ccccc1. The van der Waals surface area contributed by atoms with Crippen LogP contribution in [-0.4, -0.2) is 5.11 Å². The van der Waals surface area contributed by atoms with Gasteiger partial charge in [-0.05, 0) is 40.2 Å². The van der Waals surface area contributed by atoms with Gasteiger partial charge < -0.3 is 5.11 Å². The average Bonchev–Trinajstić information content (AvgIpc) is 3.35. The van der Waals surface area contributed by atoms with Gasteiger partial charge in [0, 0.05) is 0 Å². The molecule has 0 aliphatic heterocycles. The van der Waals surface area contributed by atoms with E-state index < -0.39 is 0 Å². The number of benzene rings is 3. The van der Waals surface area contributed by atoms with Crippen LogP contribution in [0.3, 0.4) is 0 Å². The number of hydrogen-bond acceptors (Lipinski definition) is 1. The summed E-state index contributed by atoms with van der Waals surface area (Å²) in [5.41, 5.74) is 2.42. The van der Waals surface area contributed by atoms with E-state index in [0.29, 0.717) is 11.8 Å². The summed E-state index contributed by atoms with van der Waals surface area (Å²) < 4.78 is 0. The van der Waals surface area contributed by atoms with E-state index in [1.807, 2.05) is 24.3 Å². The Morgan fingerprint density at radius 3 is 2.38 bits per heavy atom. The maximum absolute atomic E-state index is 10.8. The van der Waals surface area contributed by atoms with Crippen LogP contribution in [0.5, 0.6) is 0 Å². The molecule has 1 N–H and O–H groups in total. The number of fused-ring (bicyclic) bond motifs is 1. The Balaban J connectivity index is 1.65. The van der Waals surface area contributed by atoms with Crippen molar-refractivity contribution in [1.82, 2.24) is 0 Å². The zero-order chi connectivity index (χ0) is 14.2. The molecular formula is C20H18O. The fourth-order valence-electron chi connectivity index (χ4n) is 3.39. The number of aliphatic hydroxyl groups is 1. The van der Waals surface area contributed by atoms with Crippen LogP contribution in [0.1, 0.15) is 29.6 Å². The minimum atomic E-state index is -0.374. The van der Waals surface area contributed by atoms with E-state index in [9.17, 15) is 5.11 Å². The molecule has 21 heavy (non-hydrogen) atoms. The molecule has 1 heteroatoms. The average molecular weight is 274 g/mol. The zero-order valence-corrected chi connectivity index (χ0v) is 11.8. The van der Waals surface area contributed by atoms with Gasteiger partial charge in [-0.25, -0.2) is 0 Å². The standard InChI is InChI=1S/C20H18O/c21-20(19-13-18(19)15-7-2-1-3-8-15)17-12-6-10-14-9-4-5-11-16(14)17/h1-12,18-21H,13H2. The van der Waals surface area contributed by atoms with E-state index in [0.717, 1.165) is 12.0 Å². The van der Waals surface area contributed by atoms with Gasteiger partial charge in [0.25, 0.3) is 0 Å². The topological polar surface area (TPSA) is 20.2 Å². The van der Waals surface area contributed by atoms with Crippen LogP contribution in [0.4, 0.5) is 0 Å². The number of rotatable bonds is 3. The Hall–Kier alpha value is -2.12. The summed E-state index contributed by atoms with van der Waals surface area (Å²) in [7, 11) is 0. The van der Waals surface area contributed by atoms with Crippen LogP contribution in [0, 0.1) is 5.92 Å². The highest BCUT2D eigenvalue weighted by Crippen LogP contribution is 2.54. The van der Waals surface area contributed by atoms with Crippen molar-refractivity contribution < 1.29 is 5.11 Å². The second-order valence-electron chi connectivity index (χ2n) is 5.93. The van der Waals surface area contributed by atoms with Crippen molar-refractivity contribution in [3.8, 4) is 0 Å². The second-order valence-corrected chi connectivity index (χ2v) is 5.93. The molecule has 4 rings (SSSR count). The fourth-order valence-corrected chi connectivity index (χ4v) is 3.39. The first kappa shape index (κ1) is 12.6. The van der Waals surface area contributed by atoms with Crippen molar-refractivity contribution in [3.05, 3.63) is 83.9 Å². The molecule has 1 fully saturated rings. The monoisotopic (exact) mass is 274 g/mol. The zero-order valence-electron chi connectivity index (χ0n) is 11.8. The molecular weight excluding hydrogens is 256 g/mol. The van der Waals surface area contributed by atoms with Gasteiger partial charge in [-0.3, -0.25) is 0 Å². The van der Waals surface area contributed by atoms with Gasteiger partial charge in [-0.2, -0.15) is 0 Å². The molecule has 0 aromatic heterocycles. The van der Waals surface area contributed by atoms with Gasteiger partial charge in [-0.1, -0.05) is 72.8 Å².